The molecule has 0 amide bonds. The zero-order valence-electron chi connectivity index (χ0n) is 19.6. The van der Waals surface area contributed by atoms with E-state index in [9.17, 15) is 4.79 Å². The van der Waals surface area contributed by atoms with Crippen LogP contribution in [0.25, 0.3) is 0 Å². The molecule has 1 heterocycles. The Kier molecular flexibility index (Phi) is 6.70. The van der Waals surface area contributed by atoms with Crippen molar-refractivity contribution >= 4 is 11.7 Å². The molecule has 3 aromatic carbocycles. The second-order valence-corrected chi connectivity index (χ2v) is 8.90. The van der Waals surface area contributed by atoms with E-state index in [2.05, 4.69) is 12.2 Å². The number of nitrogens with one attached hydrogen (secondary N) is 1. The molecule has 0 bridgehead atoms. The number of esters is 1. The quantitative estimate of drug-likeness (QED) is 0.447. The summed E-state index contributed by atoms with van der Waals surface area (Å²) in [5.74, 6) is 0.346. The highest BCUT2D eigenvalue weighted by Crippen LogP contribution is 2.45. The molecule has 1 aliphatic heterocycles. The number of rotatable bonds is 7. The second kappa shape index (κ2) is 9.67. The Hall–Kier alpha value is -3.31. The zero-order valence-corrected chi connectivity index (χ0v) is 19.6. The first-order valence-electron chi connectivity index (χ1n) is 11.4. The molecule has 2 unspecified atom stereocenters. The van der Waals surface area contributed by atoms with E-state index in [1.807, 2.05) is 81.4 Å². The average Bonchev–Trinajstić information content (AvgIpc) is 2.80. The topological polar surface area (TPSA) is 56.8 Å². The summed E-state index contributed by atoms with van der Waals surface area (Å²) in [6.45, 7) is 9.09. The van der Waals surface area contributed by atoms with E-state index in [1.54, 1.807) is 12.1 Å². The van der Waals surface area contributed by atoms with Gasteiger partial charge in [0.25, 0.3) is 0 Å². The van der Waals surface area contributed by atoms with Gasteiger partial charge in [0.2, 0.25) is 0 Å². The summed E-state index contributed by atoms with van der Waals surface area (Å²) in [6.07, 6.45) is -1.13. The fourth-order valence-corrected chi connectivity index (χ4v) is 4.06. The third-order valence-corrected chi connectivity index (χ3v) is 5.82. The number of benzene rings is 3. The summed E-state index contributed by atoms with van der Waals surface area (Å²) in [5, 5.41) is 3.34. The summed E-state index contributed by atoms with van der Waals surface area (Å²) in [4.78, 5) is 13.1. The Labute approximate surface area is 195 Å². The molecule has 0 saturated carbocycles. The first-order valence-corrected chi connectivity index (χ1v) is 11.4. The predicted octanol–water partition coefficient (Wildman–Crippen LogP) is 6.08. The van der Waals surface area contributed by atoms with Gasteiger partial charge in [0.1, 0.15) is 17.5 Å². The van der Waals surface area contributed by atoms with Gasteiger partial charge >= 0.3 is 5.97 Å². The van der Waals surface area contributed by atoms with Gasteiger partial charge in [-0.05, 0) is 63.6 Å². The van der Waals surface area contributed by atoms with Gasteiger partial charge in [0, 0.05) is 17.8 Å². The SMILES string of the molecule is CCNc1ccc2c(c1)C(OCc1ccccc1)C(OC(=O)c1ccc(C)cc1)C(C)(C)O2. The van der Waals surface area contributed by atoms with Gasteiger partial charge in [-0.2, -0.15) is 0 Å². The largest absolute Gasteiger partial charge is 0.483 e. The number of ether oxygens (including phenoxy) is 3. The molecular formula is C28H31NO4. The highest BCUT2D eigenvalue weighted by Gasteiger charge is 2.47. The number of hydrogen-bond acceptors (Lipinski definition) is 5. The van der Waals surface area contributed by atoms with Gasteiger partial charge in [0.05, 0.1) is 12.2 Å². The van der Waals surface area contributed by atoms with E-state index in [1.165, 1.54) is 0 Å². The Balaban J connectivity index is 1.68. The summed E-state index contributed by atoms with van der Waals surface area (Å²) >= 11 is 0. The van der Waals surface area contributed by atoms with Crippen molar-refractivity contribution in [3.05, 3.63) is 95.1 Å². The first kappa shape index (κ1) is 22.9. The lowest BCUT2D eigenvalue weighted by Gasteiger charge is -2.43. The smallest absolute Gasteiger partial charge is 0.338 e. The van der Waals surface area contributed by atoms with Crippen LogP contribution in [-0.4, -0.2) is 24.2 Å². The Morgan fingerprint density at radius 3 is 2.45 bits per heavy atom. The third kappa shape index (κ3) is 5.20. The maximum Gasteiger partial charge on any atom is 0.338 e. The Bertz CT molecular complexity index is 1090. The molecule has 1 N–H and O–H groups in total. The number of carbonyl (C=O) groups is 1. The lowest BCUT2D eigenvalue weighted by Crippen LogP contribution is -2.51. The summed E-state index contributed by atoms with van der Waals surface area (Å²) < 4.78 is 18.8. The number of aryl methyl sites for hydroxylation is 1. The summed E-state index contributed by atoms with van der Waals surface area (Å²) in [5.41, 5.74) is 3.69. The van der Waals surface area contributed by atoms with E-state index >= 15 is 0 Å². The standard InChI is InChI=1S/C28H31NO4/c1-5-29-22-15-16-24-23(17-22)25(31-18-20-9-7-6-8-10-20)26(28(3,4)33-24)32-27(30)21-13-11-19(2)12-14-21/h6-17,25-26,29H,5,18H2,1-4H3. The molecule has 0 fully saturated rings. The summed E-state index contributed by atoms with van der Waals surface area (Å²) in [7, 11) is 0. The minimum atomic E-state index is -0.783. The van der Waals surface area contributed by atoms with Crippen LogP contribution in [0.3, 0.4) is 0 Å². The van der Waals surface area contributed by atoms with Crippen LogP contribution < -0.4 is 10.1 Å². The molecule has 1 aliphatic rings. The van der Waals surface area contributed by atoms with Crippen LogP contribution >= 0.6 is 0 Å². The maximum atomic E-state index is 13.1. The van der Waals surface area contributed by atoms with E-state index in [4.69, 9.17) is 14.2 Å². The molecule has 3 aromatic rings. The molecule has 0 spiro atoms. The lowest BCUT2D eigenvalue weighted by atomic mass is 9.87. The van der Waals surface area contributed by atoms with Crippen LogP contribution in [0.5, 0.6) is 5.75 Å². The second-order valence-electron chi connectivity index (χ2n) is 8.90. The number of fused-ring (bicyclic) bond motifs is 1. The normalized spacial score (nSPS) is 18.7. The van der Waals surface area contributed by atoms with Crippen LogP contribution in [0.15, 0.2) is 72.8 Å². The highest BCUT2D eigenvalue weighted by molar-refractivity contribution is 5.89. The zero-order chi connectivity index (χ0) is 23.4. The lowest BCUT2D eigenvalue weighted by molar-refractivity contribution is -0.143. The molecule has 0 saturated heterocycles. The number of carbonyl (C=O) groups excluding carboxylic acids is 1. The van der Waals surface area contributed by atoms with Gasteiger partial charge in [-0.15, -0.1) is 0 Å². The molecular weight excluding hydrogens is 414 g/mol. The van der Waals surface area contributed by atoms with Crippen molar-refractivity contribution in [1.82, 2.24) is 0 Å². The van der Waals surface area contributed by atoms with Gasteiger partial charge < -0.3 is 19.5 Å². The van der Waals surface area contributed by atoms with E-state index in [0.717, 1.165) is 34.7 Å². The molecule has 5 nitrogen and oxygen atoms in total. The molecule has 5 heteroatoms. The highest BCUT2D eigenvalue weighted by atomic mass is 16.6. The van der Waals surface area contributed by atoms with Crippen molar-refractivity contribution in [2.24, 2.45) is 0 Å². The monoisotopic (exact) mass is 445 g/mol. The molecule has 0 aliphatic carbocycles. The van der Waals surface area contributed by atoms with E-state index in [-0.39, 0.29) is 0 Å². The van der Waals surface area contributed by atoms with Gasteiger partial charge in [-0.3, -0.25) is 0 Å². The minimum Gasteiger partial charge on any atom is -0.483 e. The van der Waals surface area contributed by atoms with E-state index < -0.39 is 23.8 Å². The number of anilines is 1. The van der Waals surface area contributed by atoms with Crippen molar-refractivity contribution in [2.45, 2.75) is 52.1 Å². The maximum absolute atomic E-state index is 13.1. The molecule has 172 valence electrons. The molecule has 4 rings (SSSR count). The minimum absolute atomic E-state index is 0.392. The van der Waals surface area contributed by atoms with Crippen molar-refractivity contribution in [3.63, 3.8) is 0 Å². The van der Waals surface area contributed by atoms with Gasteiger partial charge in [-0.25, -0.2) is 4.79 Å². The van der Waals surface area contributed by atoms with E-state index in [0.29, 0.717) is 12.2 Å². The van der Waals surface area contributed by atoms with Crippen LogP contribution in [0, 0.1) is 6.92 Å². The fourth-order valence-electron chi connectivity index (χ4n) is 4.06. The third-order valence-electron chi connectivity index (χ3n) is 5.82. The van der Waals surface area contributed by atoms with Crippen LogP contribution in [-0.2, 0) is 16.1 Å². The predicted molar refractivity (Wildman–Crippen MR) is 130 cm³/mol. The molecule has 0 aromatic heterocycles. The molecule has 33 heavy (non-hydrogen) atoms. The first-order chi connectivity index (χ1) is 15.9. The Morgan fingerprint density at radius 1 is 1.03 bits per heavy atom. The van der Waals surface area contributed by atoms with Crippen molar-refractivity contribution in [2.75, 3.05) is 11.9 Å². The van der Waals surface area contributed by atoms with Gasteiger partial charge in [0.15, 0.2) is 6.10 Å². The van der Waals surface area contributed by atoms with Crippen LogP contribution in [0.1, 0.15) is 53.9 Å². The molecule has 2 atom stereocenters. The fraction of sp³-hybridized carbons (Fsp3) is 0.321. The van der Waals surface area contributed by atoms with Gasteiger partial charge in [-0.1, -0.05) is 48.0 Å². The van der Waals surface area contributed by atoms with Crippen LogP contribution in [0.2, 0.25) is 0 Å². The summed E-state index contributed by atoms with van der Waals surface area (Å²) in [6, 6.07) is 23.3. The van der Waals surface area contributed by atoms with Crippen molar-refractivity contribution in [3.8, 4) is 5.75 Å². The molecule has 0 radical (unpaired) electrons. The average molecular weight is 446 g/mol. The van der Waals surface area contributed by atoms with Crippen molar-refractivity contribution < 1.29 is 19.0 Å². The van der Waals surface area contributed by atoms with Crippen LogP contribution in [0.4, 0.5) is 5.69 Å². The Morgan fingerprint density at radius 2 is 1.76 bits per heavy atom. The number of hydrogen-bond donors (Lipinski definition) is 1. The van der Waals surface area contributed by atoms with Crippen molar-refractivity contribution in [1.29, 1.82) is 0 Å².